The Morgan fingerprint density at radius 1 is 1.13 bits per heavy atom. The van der Waals surface area contributed by atoms with Crippen LogP contribution >= 0.6 is 12.4 Å². The van der Waals surface area contributed by atoms with Crippen LogP contribution in [0.15, 0.2) is 35.3 Å². The Bertz CT molecular complexity index is 929. The van der Waals surface area contributed by atoms with Crippen LogP contribution in [0.4, 0.5) is 5.69 Å². The molecule has 1 aliphatic carbocycles. The summed E-state index contributed by atoms with van der Waals surface area (Å²) in [6.07, 6.45) is 9.68. The maximum atomic E-state index is 12.9. The number of aromatic nitrogens is 1. The molecule has 2 heterocycles. The lowest BCUT2D eigenvalue weighted by Gasteiger charge is -2.26. The third kappa shape index (κ3) is 5.23. The first-order chi connectivity index (χ1) is 14.0. The van der Waals surface area contributed by atoms with Crippen molar-refractivity contribution in [2.45, 2.75) is 76.0 Å². The first kappa shape index (κ1) is 22.8. The van der Waals surface area contributed by atoms with Crippen LogP contribution in [0, 0.1) is 0 Å². The normalized spacial score (nSPS) is 21.0. The summed E-state index contributed by atoms with van der Waals surface area (Å²) < 4.78 is 1.76. The molecule has 1 aromatic carbocycles. The summed E-state index contributed by atoms with van der Waals surface area (Å²) in [7, 11) is 0. The molecule has 30 heavy (non-hydrogen) atoms. The van der Waals surface area contributed by atoms with Gasteiger partial charge in [0.15, 0.2) is 0 Å². The number of pyridine rings is 1. The second-order valence-corrected chi connectivity index (χ2v) is 8.70. The number of hydrogen-bond donors (Lipinski definition) is 3. The number of halogens is 1. The average molecular weight is 434 g/mol. The number of aliphatic hydroxyl groups is 1. The minimum absolute atomic E-state index is 0. The predicted molar refractivity (Wildman–Crippen MR) is 122 cm³/mol. The van der Waals surface area contributed by atoms with E-state index in [0.29, 0.717) is 36.5 Å². The van der Waals surface area contributed by atoms with Crippen LogP contribution in [0.3, 0.4) is 0 Å². The van der Waals surface area contributed by atoms with Crippen LogP contribution in [0.2, 0.25) is 0 Å². The van der Waals surface area contributed by atoms with Gasteiger partial charge in [-0.3, -0.25) is 9.59 Å². The van der Waals surface area contributed by atoms with Gasteiger partial charge in [0.05, 0.1) is 12.0 Å². The molecule has 1 unspecified atom stereocenters. The van der Waals surface area contributed by atoms with Gasteiger partial charge in [0.1, 0.15) is 0 Å². The van der Waals surface area contributed by atoms with Crippen LogP contribution in [-0.2, 0) is 11.3 Å². The summed E-state index contributed by atoms with van der Waals surface area (Å²) in [6, 6.07) is 7.68. The number of nitrogens with one attached hydrogen (secondary N) is 2. The standard InChI is InChI=1S/C23H31N3O3.ClH/c27-21(15-23(29)11-3-1-2-4-12-23)25-20-9-5-8-19-18(20)10-14-26(22(19)28)16-17-7-6-13-24-17;/h5,8-10,14,17,24,29H,1-4,6-7,11-13,15-16H2,(H,25,27);1H. The molecule has 3 N–H and O–H groups in total. The molecular weight excluding hydrogens is 402 g/mol. The van der Waals surface area contributed by atoms with Gasteiger partial charge in [0.2, 0.25) is 5.91 Å². The zero-order valence-corrected chi connectivity index (χ0v) is 18.2. The second kappa shape index (κ2) is 9.94. The minimum atomic E-state index is -0.911. The summed E-state index contributed by atoms with van der Waals surface area (Å²) in [6.45, 7) is 1.67. The molecule has 2 fully saturated rings. The minimum Gasteiger partial charge on any atom is -0.389 e. The van der Waals surface area contributed by atoms with E-state index in [1.54, 1.807) is 10.6 Å². The molecule has 1 aromatic heterocycles. The van der Waals surface area contributed by atoms with Gasteiger partial charge in [-0.05, 0) is 50.4 Å². The lowest BCUT2D eigenvalue weighted by molar-refractivity contribution is -0.121. The average Bonchev–Trinajstić information content (AvgIpc) is 3.11. The molecule has 4 rings (SSSR count). The Hall–Kier alpha value is -1.89. The number of nitrogens with zero attached hydrogens (tertiary/aromatic N) is 1. The highest BCUT2D eigenvalue weighted by Crippen LogP contribution is 2.30. The fourth-order valence-electron chi connectivity index (χ4n) is 4.78. The zero-order chi connectivity index (χ0) is 20.3. The highest BCUT2D eigenvalue weighted by Gasteiger charge is 2.30. The van der Waals surface area contributed by atoms with Gasteiger partial charge in [0.25, 0.3) is 5.56 Å². The van der Waals surface area contributed by atoms with Gasteiger partial charge in [-0.15, -0.1) is 12.4 Å². The summed E-state index contributed by atoms with van der Waals surface area (Å²) in [5.74, 6) is -0.193. The molecule has 1 aliphatic heterocycles. The van der Waals surface area contributed by atoms with Gasteiger partial charge in [-0.1, -0.05) is 31.7 Å². The highest BCUT2D eigenvalue weighted by molar-refractivity contribution is 6.02. The number of rotatable bonds is 5. The first-order valence-corrected chi connectivity index (χ1v) is 10.9. The van der Waals surface area contributed by atoms with E-state index in [-0.39, 0.29) is 30.3 Å². The van der Waals surface area contributed by atoms with Crippen LogP contribution < -0.4 is 16.2 Å². The van der Waals surface area contributed by atoms with Crippen molar-refractivity contribution in [2.24, 2.45) is 0 Å². The molecule has 1 saturated carbocycles. The zero-order valence-electron chi connectivity index (χ0n) is 17.4. The first-order valence-electron chi connectivity index (χ1n) is 10.9. The molecule has 0 bridgehead atoms. The van der Waals surface area contributed by atoms with E-state index in [1.807, 2.05) is 24.4 Å². The second-order valence-electron chi connectivity index (χ2n) is 8.70. The molecule has 2 aromatic rings. The molecule has 6 nitrogen and oxygen atoms in total. The van der Waals surface area contributed by atoms with Crippen molar-refractivity contribution in [1.29, 1.82) is 0 Å². The molecule has 7 heteroatoms. The number of amides is 1. The van der Waals surface area contributed by atoms with Gasteiger partial charge in [0, 0.05) is 35.2 Å². The largest absolute Gasteiger partial charge is 0.389 e. The van der Waals surface area contributed by atoms with E-state index < -0.39 is 5.60 Å². The molecule has 0 spiro atoms. The Morgan fingerprint density at radius 2 is 1.90 bits per heavy atom. The molecular formula is C23H32ClN3O3. The molecule has 2 aliphatic rings. The van der Waals surface area contributed by atoms with E-state index in [4.69, 9.17) is 0 Å². The summed E-state index contributed by atoms with van der Waals surface area (Å²) in [4.78, 5) is 25.6. The number of benzene rings is 1. The lowest BCUT2D eigenvalue weighted by atomic mass is 9.90. The molecule has 1 amide bonds. The van der Waals surface area contributed by atoms with Crippen molar-refractivity contribution >= 4 is 34.8 Å². The maximum absolute atomic E-state index is 12.9. The van der Waals surface area contributed by atoms with Gasteiger partial charge in [-0.2, -0.15) is 0 Å². The highest BCUT2D eigenvalue weighted by atomic mass is 35.5. The topological polar surface area (TPSA) is 83.4 Å². The Balaban J connectivity index is 0.00000256. The quantitative estimate of drug-likeness (QED) is 0.629. The van der Waals surface area contributed by atoms with E-state index >= 15 is 0 Å². The monoisotopic (exact) mass is 433 g/mol. The summed E-state index contributed by atoms with van der Waals surface area (Å²) in [5, 5.41) is 18.5. The Morgan fingerprint density at radius 3 is 2.60 bits per heavy atom. The third-order valence-corrected chi connectivity index (χ3v) is 6.40. The molecule has 164 valence electrons. The van der Waals surface area contributed by atoms with Gasteiger partial charge >= 0.3 is 0 Å². The summed E-state index contributed by atoms with van der Waals surface area (Å²) in [5.41, 5.74) is -0.311. The van der Waals surface area contributed by atoms with Crippen molar-refractivity contribution in [3.63, 3.8) is 0 Å². The van der Waals surface area contributed by atoms with Crippen LogP contribution in [0.5, 0.6) is 0 Å². The van der Waals surface area contributed by atoms with E-state index in [9.17, 15) is 14.7 Å². The smallest absolute Gasteiger partial charge is 0.258 e. The van der Waals surface area contributed by atoms with Crippen LogP contribution in [-0.4, -0.2) is 33.8 Å². The molecule has 1 atom stereocenters. The Labute approximate surface area is 183 Å². The van der Waals surface area contributed by atoms with E-state index in [1.165, 1.54) is 0 Å². The fraction of sp³-hybridized carbons (Fsp3) is 0.565. The molecule has 1 saturated heterocycles. The Kier molecular flexibility index (Phi) is 7.55. The predicted octanol–water partition coefficient (Wildman–Crippen LogP) is 3.59. The third-order valence-electron chi connectivity index (χ3n) is 6.40. The lowest BCUT2D eigenvalue weighted by Crippen LogP contribution is -2.33. The van der Waals surface area contributed by atoms with Crippen molar-refractivity contribution < 1.29 is 9.90 Å². The number of fused-ring (bicyclic) bond motifs is 1. The number of anilines is 1. The maximum Gasteiger partial charge on any atom is 0.258 e. The fourth-order valence-corrected chi connectivity index (χ4v) is 4.78. The van der Waals surface area contributed by atoms with Crippen molar-refractivity contribution in [2.75, 3.05) is 11.9 Å². The number of hydrogen-bond acceptors (Lipinski definition) is 4. The van der Waals surface area contributed by atoms with Gasteiger partial charge in [-0.25, -0.2) is 0 Å². The van der Waals surface area contributed by atoms with Crippen molar-refractivity contribution in [3.05, 3.63) is 40.8 Å². The van der Waals surface area contributed by atoms with E-state index in [2.05, 4.69) is 10.6 Å². The number of carbonyl (C=O) groups is 1. The van der Waals surface area contributed by atoms with Crippen molar-refractivity contribution in [3.8, 4) is 0 Å². The van der Waals surface area contributed by atoms with Crippen LogP contribution in [0.25, 0.3) is 10.8 Å². The van der Waals surface area contributed by atoms with E-state index in [0.717, 1.165) is 50.5 Å². The van der Waals surface area contributed by atoms with Gasteiger partial charge < -0.3 is 20.3 Å². The van der Waals surface area contributed by atoms with Crippen LogP contribution in [0.1, 0.15) is 57.8 Å². The van der Waals surface area contributed by atoms with Crippen molar-refractivity contribution in [1.82, 2.24) is 9.88 Å². The summed E-state index contributed by atoms with van der Waals surface area (Å²) >= 11 is 0. The SMILES string of the molecule is Cl.O=C(CC1(O)CCCCCC1)Nc1cccc2c(=O)n(CC3CCCN3)ccc12. The molecule has 0 radical (unpaired) electrons. The number of carbonyl (C=O) groups excluding carboxylic acids is 1.